The summed E-state index contributed by atoms with van der Waals surface area (Å²) in [4.78, 5) is 15.5. The number of carbonyl (C=O) groups is 1. The number of carbonyl (C=O) groups excluding carboxylic acids is 1. The van der Waals surface area contributed by atoms with Gasteiger partial charge in [0.05, 0.1) is 18.8 Å². The van der Waals surface area contributed by atoms with E-state index >= 15 is 0 Å². The maximum absolute atomic E-state index is 13.0. The van der Waals surface area contributed by atoms with Crippen molar-refractivity contribution in [3.8, 4) is 0 Å². The van der Waals surface area contributed by atoms with Gasteiger partial charge in [0.25, 0.3) is 0 Å². The second-order valence-corrected chi connectivity index (χ2v) is 4.97. The predicted molar refractivity (Wildman–Crippen MR) is 71.2 cm³/mol. The summed E-state index contributed by atoms with van der Waals surface area (Å²) < 4.78 is 18.0. The molecule has 1 heterocycles. The van der Waals surface area contributed by atoms with E-state index in [4.69, 9.17) is 10.3 Å². The molecule has 3 N–H and O–H groups in total. The molecule has 1 aromatic carbocycles. The summed E-state index contributed by atoms with van der Waals surface area (Å²) in [7, 11) is 0. The van der Waals surface area contributed by atoms with Crippen LogP contribution in [-0.4, -0.2) is 22.6 Å². The topological polar surface area (TPSA) is 94.0 Å². The van der Waals surface area contributed by atoms with E-state index in [0.717, 1.165) is 4.90 Å². The highest BCUT2D eigenvalue weighted by Gasteiger charge is 2.07. The first-order chi connectivity index (χ1) is 9.63. The smallest absolute Gasteiger partial charge is 0.240 e. The van der Waals surface area contributed by atoms with E-state index < -0.39 is 5.91 Å². The molecular weight excluding hydrogens is 283 g/mol. The third-order valence-electron chi connectivity index (χ3n) is 2.25. The minimum atomic E-state index is -0.452. The van der Waals surface area contributed by atoms with Crippen LogP contribution >= 0.6 is 11.8 Å². The molecule has 0 atom stereocenters. The lowest BCUT2D eigenvalue weighted by Gasteiger charge is -1.97. The van der Waals surface area contributed by atoms with Crippen LogP contribution in [0.3, 0.4) is 0 Å². The number of nitrogens with one attached hydrogen (secondary N) is 1. The third-order valence-corrected chi connectivity index (χ3v) is 3.24. The first kappa shape index (κ1) is 14.5. The average molecular weight is 296 g/mol. The summed E-state index contributed by atoms with van der Waals surface area (Å²) in [5.41, 5.74) is 4.98. The molecular formula is C12H13FN4O2S. The molecule has 0 unspecified atom stereocenters. The molecule has 0 saturated heterocycles. The summed E-state index contributed by atoms with van der Waals surface area (Å²) in [6.45, 7) is 0.330. The van der Waals surface area contributed by atoms with Crippen LogP contribution < -0.4 is 11.1 Å². The molecule has 0 spiro atoms. The number of nitrogens with zero attached hydrogens (tertiary/aromatic N) is 2. The quantitative estimate of drug-likeness (QED) is 0.742. The average Bonchev–Trinajstić information content (AvgIpc) is 2.84. The van der Waals surface area contributed by atoms with Gasteiger partial charge in [-0.3, -0.25) is 10.1 Å². The number of benzene rings is 1. The zero-order valence-corrected chi connectivity index (χ0v) is 11.3. The molecule has 106 valence electrons. The maximum atomic E-state index is 13.0. The van der Waals surface area contributed by atoms with Crippen LogP contribution in [0.2, 0.25) is 0 Å². The number of hydrogen-bond donors (Lipinski definition) is 2. The molecule has 1 amide bonds. The van der Waals surface area contributed by atoms with Gasteiger partial charge in [0, 0.05) is 4.90 Å². The van der Waals surface area contributed by atoms with Crippen molar-refractivity contribution in [1.29, 1.82) is 0 Å². The fourth-order valence-electron chi connectivity index (χ4n) is 1.42. The monoisotopic (exact) mass is 296 g/mol. The Hall–Kier alpha value is -1.93. The Morgan fingerprint density at radius 3 is 3.10 bits per heavy atom. The van der Waals surface area contributed by atoms with Crippen molar-refractivity contribution in [2.75, 3.05) is 6.54 Å². The summed E-state index contributed by atoms with van der Waals surface area (Å²) in [5, 5.41) is 6.56. The lowest BCUT2D eigenvalue weighted by Crippen LogP contribution is -2.28. The zero-order chi connectivity index (χ0) is 14.4. The van der Waals surface area contributed by atoms with Crippen LogP contribution in [0.4, 0.5) is 4.39 Å². The first-order valence-electron chi connectivity index (χ1n) is 5.82. The molecule has 8 heteroatoms. The van der Waals surface area contributed by atoms with E-state index in [1.165, 1.54) is 23.9 Å². The van der Waals surface area contributed by atoms with Gasteiger partial charge >= 0.3 is 0 Å². The lowest BCUT2D eigenvalue weighted by atomic mass is 10.4. The number of primary amides is 1. The highest BCUT2D eigenvalue weighted by Crippen LogP contribution is 2.21. The van der Waals surface area contributed by atoms with Crippen molar-refractivity contribution >= 4 is 17.7 Å². The van der Waals surface area contributed by atoms with Gasteiger partial charge in [0.2, 0.25) is 11.8 Å². The number of thioether (sulfide) groups is 1. The van der Waals surface area contributed by atoms with Crippen molar-refractivity contribution < 1.29 is 13.7 Å². The fourth-order valence-corrected chi connectivity index (χ4v) is 2.20. The van der Waals surface area contributed by atoms with Gasteiger partial charge in [-0.2, -0.15) is 4.98 Å². The standard InChI is InChI=1S/C12H13FN4O2S/c13-8-2-1-3-9(4-8)20-7-11-16-12(19-17-11)6-15-5-10(14)18/h1-4,15H,5-7H2,(H2,14,18). The van der Waals surface area contributed by atoms with Crippen molar-refractivity contribution in [2.45, 2.75) is 17.2 Å². The summed E-state index contributed by atoms with van der Waals surface area (Å²) in [6.07, 6.45) is 0. The van der Waals surface area contributed by atoms with Crippen LogP contribution in [-0.2, 0) is 17.1 Å². The van der Waals surface area contributed by atoms with Gasteiger partial charge in [-0.05, 0) is 18.2 Å². The summed E-state index contributed by atoms with van der Waals surface area (Å²) >= 11 is 1.41. The Kier molecular flexibility index (Phi) is 5.08. The van der Waals surface area contributed by atoms with Crippen LogP contribution in [0.1, 0.15) is 11.7 Å². The Morgan fingerprint density at radius 1 is 1.50 bits per heavy atom. The number of nitrogens with two attached hydrogens (primary N) is 1. The number of hydrogen-bond acceptors (Lipinski definition) is 6. The molecule has 0 saturated carbocycles. The van der Waals surface area contributed by atoms with Gasteiger partial charge in [0.15, 0.2) is 5.82 Å². The lowest BCUT2D eigenvalue weighted by molar-refractivity contribution is -0.117. The van der Waals surface area contributed by atoms with Crippen molar-refractivity contribution in [3.63, 3.8) is 0 Å². The van der Waals surface area contributed by atoms with Gasteiger partial charge in [0.1, 0.15) is 5.82 Å². The minimum Gasteiger partial charge on any atom is -0.369 e. The Labute approximate surface area is 118 Å². The third kappa shape index (κ3) is 4.63. The molecule has 2 rings (SSSR count). The van der Waals surface area contributed by atoms with Gasteiger partial charge in [-0.1, -0.05) is 11.2 Å². The highest BCUT2D eigenvalue weighted by molar-refractivity contribution is 7.98. The fraction of sp³-hybridized carbons (Fsp3) is 0.250. The normalized spacial score (nSPS) is 10.7. The molecule has 6 nitrogen and oxygen atoms in total. The molecule has 0 aliphatic rings. The zero-order valence-electron chi connectivity index (χ0n) is 10.5. The van der Waals surface area contributed by atoms with Crippen molar-refractivity contribution in [1.82, 2.24) is 15.5 Å². The molecule has 1 aromatic heterocycles. The van der Waals surface area contributed by atoms with E-state index in [1.54, 1.807) is 6.07 Å². The van der Waals surface area contributed by atoms with Gasteiger partial charge in [-0.15, -0.1) is 11.8 Å². The molecule has 2 aromatic rings. The van der Waals surface area contributed by atoms with Crippen LogP contribution in [0.5, 0.6) is 0 Å². The van der Waals surface area contributed by atoms with Crippen molar-refractivity contribution in [2.24, 2.45) is 5.73 Å². The van der Waals surface area contributed by atoms with E-state index in [0.29, 0.717) is 17.5 Å². The maximum Gasteiger partial charge on any atom is 0.240 e. The minimum absolute atomic E-state index is 0.0513. The molecule has 0 aliphatic carbocycles. The molecule has 0 fully saturated rings. The first-order valence-corrected chi connectivity index (χ1v) is 6.81. The second-order valence-electron chi connectivity index (χ2n) is 3.92. The van der Waals surface area contributed by atoms with Crippen LogP contribution in [0, 0.1) is 5.82 Å². The number of amides is 1. The van der Waals surface area contributed by atoms with E-state index in [1.807, 2.05) is 6.07 Å². The van der Waals surface area contributed by atoms with Crippen LogP contribution in [0.25, 0.3) is 0 Å². The predicted octanol–water partition coefficient (Wildman–Crippen LogP) is 1.08. The van der Waals surface area contributed by atoms with E-state index in [2.05, 4.69) is 15.5 Å². The molecule has 0 radical (unpaired) electrons. The number of halogens is 1. The number of aromatic nitrogens is 2. The van der Waals surface area contributed by atoms with E-state index in [9.17, 15) is 9.18 Å². The van der Waals surface area contributed by atoms with Gasteiger partial charge in [-0.25, -0.2) is 4.39 Å². The number of rotatable bonds is 7. The SMILES string of the molecule is NC(=O)CNCc1nc(CSc2cccc(F)c2)no1. The Balaban J connectivity index is 1.82. The Bertz CT molecular complexity index is 590. The molecule has 20 heavy (non-hydrogen) atoms. The summed E-state index contributed by atoms with van der Waals surface area (Å²) in [5.74, 6) is 0.630. The largest absolute Gasteiger partial charge is 0.369 e. The van der Waals surface area contributed by atoms with Crippen molar-refractivity contribution in [3.05, 3.63) is 41.8 Å². The second kappa shape index (κ2) is 7.01. The molecule has 0 aliphatic heterocycles. The Morgan fingerprint density at radius 2 is 2.35 bits per heavy atom. The van der Waals surface area contributed by atoms with Gasteiger partial charge < -0.3 is 10.3 Å². The molecule has 0 bridgehead atoms. The summed E-state index contributed by atoms with van der Waals surface area (Å²) in [6, 6.07) is 6.29. The van der Waals surface area contributed by atoms with Crippen LogP contribution in [0.15, 0.2) is 33.7 Å². The van der Waals surface area contributed by atoms with E-state index in [-0.39, 0.29) is 18.9 Å². The highest BCUT2D eigenvalue weighted by atomic mass is 32.2.